The van der Waals surface area contributed by atoms with Crippen LogP contribution in [0.15, 0.2) is 0 Å². The Hall–Kier alpha value is -0.220. The first kappa shape index (κ1) is 13.8. The minimum absolute atomic E-state index is 0.0317. The molecule has 0 fully saturated rings. The van der Waals surface area contributed by atoms with E-state index in [4.69, 9.17) is 5.73 Å². The lowest BCUT2D eigenvalue weighted by Gasteiger charge is -2.18. The highest BCUT2D eigenvalue weighted by molar-refractivity contribution is 7.98. The first-order chi connectivity index (χ1) is 6.61. The van der Waals surface area contributed by atoms with E-state index in [1.807, 2.05) is 13.3 Å². The van der Waals surface area contributed by atoms with E-state index in [9.17, 15) is 4.79 Å². The van der Waals surface area contributed by atoms with Crippen molar-refractivity contribution >= 4 is 17.7 Å². The Kier molecular flexibility index (Phi) is 7.99. The van der Waals surface area contributed by atoms with Crippen LogP contribution in [0.4, 0.5) is 0 Å². The summed E-state index contributed by atoms with van der Waals surface area (Å²) >= 11 is 1.75. The van der Waals surface area contributed by atoms with Gasteiger partial charge in [0.25, 0.3) is 0 Å². The van der Waals surface area contributed by atoms with Crippen molar-refractivity contribution in [2.75, 3.05) is 25.6 Å². The van der Waals surface area contributed by atoms with Crippen LogP contribution in [0.5, 0.6) is 0 Å². The molecule has 4 heteroatoms. The van der Waals surface area contributed by atoms with E-state index >= 15 is 0 Å². The number of hydrogen-bond donors (Lipinski definition) is 1. The minimum Gasteiger partial charge on any atom is -0.345 e. The number of hydrogen-bond acceptors (Lipinski definition) is 3. The van der Waals surface area contributed by atoms with Gasteiger partial charge in [0.2, 0.25) is 5.91 Å². The highest BCUT2D eigenvalue weighted by Gasteiger charge is 2.12. The third-order valence-corrected chi connectivity index (χ3v) is 2.74. The van der Waals surface area contributed by atoms with Gasteiger partial charge in [0.05, 0.1) is 0 Å². The average Bonchev–Trinajstić information content (AvgIpc) is 2.14. The summed E-state index contributed by atoms with van der Waals surface area (Å²) in [4.78, 5) is 13.3. The Morgan fingerprint density at radius 2 is 2.21 bits per heavy atom. The predicted octanol–water partition coefficient (Wildman–Crippen LogP) is 1.33. The average molecular weight is 218 g/mol. The lowest BCUT2D eigenvalue weighted by Crippen LogP contribution is -2.34. The quantitative estimate of drug-likeness (QED) is 0.701. The fourth-order valence-electron chi connectivity index (χ4n) is 1.21. The molecule has 14 heavy (non-hydrogen) atoms. The van der Waals surface area contributed by atoms with Crippen LogP contribution in [0.1, 0.15) is 26.2 Å². The van der Waals surface area contributed by atoms with E-state index in [2.05, 4.69) is 6.92 Å². The smallest absolute Gasteiger partial charge is 0.223 e. The van der Waals surface area contributed by atoms with Crippen LogP contribution in [0.3, 0.4) is 0 Å². The molecule has 0 aromatic heterocycles. The van der Waals surface area contributed by atoms with Crippen molar-refractivity contribution in [3.05, 3.63) is 0 Å². The largest absolute Gasteiger partial charge is 0.345 e. The van der Waals surface area contributed by atoms with Gasteiger partial charge in [-0.3, -0.25) is 4.79 Å². The Morgan fingerprint density at radius 1 is 1.57 bits per heavy atom. The maximum absolute atomic E-state index is 11.6. The zero-order chi connectivity index (χ0) is 11.0. The monoisotopic (exact) mass is 218 g/mol. The molecular weight excluding hydrogens is 196 g/mol. The number of rotatable bonds is 7. The molecular formula is C10H22N2OS. The summed E-state index contributed by atoms with van der Waals surface area (Å²) in [7, 11) is 1.84. The predicted molar refractivity (Wildman–Crippen MR) is 63.5 cm³/mol. The molecule has 0 bridgehead atoms. The SMILES string of the molecule is CCCC(N)CC(=O)N(C)CCSC. The van der Waals surface area contributed by atoms with Gasteiger partial charge in [-0.25, -0.2) is 0 Å². The summed E-state index contributed by atoms with van der Waals surface area (Å²) in [6.45, 7) is 2.90. The lowest BCUT2D eigenvalue weighted by atomic mass is 10.1. The van der Waals surface area contributed by atoms with E-state index < -0.39 is 0 Å². The van der Waals surface area contributed by atoms with Crippen LogP contribution in [0.2, 0.25) is 0 Å². The van der Waals surface area contributed by atoms with Crippen LogP contribution in [0, 0.1) is 0 Å². The summed E-state index contributed by atoms with van der Waals surface area (Å²) in [6.07, 6.45) is 4.50. The van der Waals surface area contributed by atoms with Gasteiger partial charge in [-0.05, 0) is 12.7 Å². The lowest BCUT2D eigenvalue weighted by molar-refractivity contribution is -0.130. The zero-order valence-electron chi connectivity index (χ0n) is 9.45. The molecule has 3 nitrogen and oxygen atoms in total. The molecule has 0 heterocycles. The van der Waals surface area contributed by atoms with Crippen molar-refractivity contribution in [3.63, 3.8) is 0 Å². The molecule has 0 aliphatic carbocycles. The van der Waals surface area contributed by atoms with Crippen molar-refractivity contribution < 1.29 is 4.79 Å². The molecule has 0 aromatic rings. The molecule has 0 rings (SSSR count). The van der Waals surface area contributed by atoms with E-state index in [-0.39, 0.29) is 11.9 Å². The Bertz CT molecular complexity index is 164. The van der Waals surface area contributed by atoms with Crippen molar-refractivity contribution in [2.24, 2.45) is 5.73 Å². The van der Waals surface area contributed by atoms with Gasteiger partial charge >= 0.3 is 0 Å². The Balaban J connectivity index is 3.71. The van der Waals surface area contributed by atoms with E-state index in [1.165, 1.54) is 0 Å². The normalized spacial score (nSPS) is 12.6. The van der Waals surface area contributed by atoms with E-state index in [0.717, 1.165) is 25.1 Å². The molecule has 1 unspecified atom stereocenters. The van der Waals surface area contributed by atoms with Crippen LogP contribution in [-0.4, -0.2) is 42.4 Å². The molecule has 0 radical (unpaired) electrons. The molecule has 1 amide bonds. The molecule has 0 saturated carbocycles. The van der Waals surface area contributed by atoms with Gasteiger partial charge in [0, 0.05) is 31.8 Å². The fraction of sp³-hybridized carbons (Fsp3) is 0.900. The highest BCUT2D eigenvalue weighted by atomic mass is 32.2. The molecule has 0 spiro atoms. The first-order valence-corrected chi connectivity index (χ1v) is 6.49. The van der Waals surface area contributed by atoms with Crippen molar-refractivity contribution in [1.29, 1.82) is 0 Å². The molecule has 1 atom stereocenters. The third kappa shape index (κ3) is 6.27. The summed E-state index contributed by atoms with van der Waals surface area (Å²) < 4.78 is 0. The summed E-state index contributed by atoms with van der Waals surface area (Å²) in [5.74, 6) is 1.16. The van der Waals surface area contributed by atoms with Crippen LogP contribution < -0.4 is 5.73 Å². The Morgan fingerprint density at radius 3 is 2.71 bits per heavy atom. The van der Waals surface area contributed by atoms with Crippen molar-refractivity contribution in [1.82, 2.24) is 4.90 Å². The van der Waals surface area contributed by atoms with Gasteiger partial charge in [0.15, 0.2) is 0 Å². The number of thioether (sulfide) groups is 1. The zero-order valence-corrected chi connectivity index (χ0v) is 10.3. The maximum atomic E-state index is 11.6. The number of nitrogens with two attached hydrogens (primary N) is 1. The van der Waals surface area contributed by atoms with Crippen molar-refractivity contribution in [2.45, 2.75) is 32.2 Å². The molecule has 0 aliphatic heterocycles. The van der Waals surface area contributed by atoms with E-state index in [0.29, 0.717) is 6.42 Å². The molecule has 0 aromatic carbocycles. The topological polar surface area (TPSA) is 46.3 Å². The first-order valence-electron chi connectivity index (χ1n) is 5.10. The minimum atomic E-state index is 0.0317. The number of amides is 1. The van der Waals surface area contributed by atoms with Crippen LogP contribution in [-0.2, 0) is 4.79 Å². The second-order valence-electron chi connectivity index (χ2n) is 3.56. The summed E-state index contributed by atoms with van der Waals surface area (Å²) in [5.41, 5.74) is 5.80. The number of carbonyl (C=O) groups is 1. The maximum Gasteiger partial charge on any atom is 0.223 e. The Labute approximate surface area is 91.4 Å². The molecule has 2 N–H and O–H groups in total. The second-order valence-corrected chi connectivity index (χ2v) is 4.55. The number of carbonyl (C=O) groups excluding carboxylic acids is 1. The second kappa shape index (κ2) is 8.12. The number of nitrogens with zero attached hydrogens (tertiary/aromatic N) is 1. The van der Waals surface area contributed by atoms with Crippen LogP contribution in [0.25, 0.3) is 0 Å². The summed E-state index contributed by atoms with van der Waals surface area (Å²) in [6, 6.07) is 0.0317. The standard InChI is InChI=1S/C10H22N2OS/c1-4-5-9(11)8-10(13)12(2)6-7-14-3/h9H,4-8,11H2,1-3H3. The highest BCUT2D eigenvalue weighted by Crippen LogP contribution is 2.02. The molecule has 0 saturated heterocycles. The van der Waals surface area contributed by atoms with Gasteiger partial charge in [-0.2, -0.15) is 11.8 Å². The fourth-order valence-corrected chi connectivity index (χ4v) is 1.66. The van der Waals surface area contributed by atoms with Gasteiger partial charge in [-0.1, -0.05) is 13.3 Å². The van der Waals surface area contributed by atoms with Gasteiger partial charge in [0.1, 0.15) is 0 Å². The van der Waals surface area contributed by atoms with Crippen LogP contribution >= 0.6 is 11.8 Å². The van der Waals surface area contributed by atoms with E-state index in [1.54, 1.807) is 16.7 Å². The van der Waals surface area contributed by atoms with Gasteiger partial charge < -0.3 is 10.6 Å². The molecule has 0 aliphatic rings. The molecule has 84 valence electrons. The van der Waals surface area contributed by atoms with Crippen molar-refractivity contribution in [3.8, 4) is 0 Å². The summed E-state index contributed by atoms with van der Waals surface area (Å²) in [5, 5.41) is 0. The third-order valence-electron chi connectivity index (χ3n) is 2.15. The van der Waals surface area contributed by atoms with Gasteiger partial charge in [-0.15, -0.1) is 0 Å².